The minimum atomic E-state index is -0.613. The van der Waals surface area contributed by atoms with Gasteiger partial charge >= 0.3 is 6.09 Å². The molecule has 0 saturated heterocycles. The molecule has 1 aromatic carbocycles. The Morgan fingerprint density at radius 3 is 2.17 bits per heavy atom. The topological polar surface area (TPSA) is 67.4 Å². The maximum atomic E-state index is 12.2. The van der Waals surface area contributed by atoms with E-state index in [1.807, 2.05) is 39.8 Å². The Morgan fingerprint density at radius 2 is 1.65 bits per heavy atom. The number of alkyl carbamates (subject to hydrolysis) is 1. The number of rotatable bonds is 4. The maximum Gasteiger partial charge on any atom is 0.408 e. The van der Waals surface area contributed by atoms with Crippen molar-refractivity contribution in [2.24, 2.45) is 0 Å². The average Bonchev–Trinajstić information content (AvgIpc) is 2.36. The van der Waals surface area contributed by atoms with Gasteiger partial charge in [-0.3, -0.25) is 4.79 Å². The van der Waals surface area contributed by atoms with Crippen molar-refractivity contribution in [2.45, 2.75) is 59.6 Å². The van der Waals surface area contributed by atoms with Crippen LogP contribution in [-0.2, 0) is 4.74 Å². The molecule has 0 aliphatic heterocycles. The van der Waals surface area contributed by atoms with E-state index in [2.05, 4.69) is 10.6 Å². The molecule has 0 atom stereocenters. The summed E-state index contributed by atoms with van der Waals surface area (Å²) in [4.78, 5) is 24.0. The lowest BCUT2D eigenvalue weighted by Gasteiger charge is -2.28. The van der Waals surface area contributed by atoms with Gasteiger partial charge in [-0.05, 0) is 71.7 Å². The summed E-state index contributed by atoms with van der Waals surface area (Å²) >= 11 is 0. The van der Waals surface area contributed by atoms with Gasteiger partial charge in [0.2, 0.25) is 0 Å². The molecule has 0 saturated carbocycles. The third-order valence-corrected chi connectivity index (χ3v) is 3.30. The van der Waals surface area contributed by atoms with Gasteiger partial charge in [-0.25, -0.2) is 4.79 Å². The Labute approximate surface area is 138 Å². The number of ether oxygens (including phenoxy) is 1. The third kappa shape index (κ3) is 6.72. The van der Waals surface area contributed by atoms with Gasteiger partial charge in [0.25, 0.3) is 5.91 Å². The van der Waals surface area contributed by atoms with Gasteiger partial charge in [-0.15, -0.1) is 0 Å². The zero-order valence-electron chi connectivity index (χ0n) is 15.2. The Balaban J connectivity index is 2.59. The van der Waals surface area contributed by atoms with Crippen LogP contribution < -0.4 is 10.6 Å². The first-order chi connectivity index (χ1) is 10.4. The van der Waals surface area contributed by atoms with E-state index in [0.29, 0.717) is 12.1 Å². The summed E-state index contributed by atoms with van der Waals surface area (Å²) in [5, 5.41) is 5.61. The standard InChI is InChI=1S/C18H28N2O3/c1-12-8-9-14(10-13(12)2)15(21)19-11-18(6,7)20-16(22)23-17(3,4)5/h8-10H,11H2,1-7H3,(H,19,21)(H,20,22). The van der Waals surface area contributed by atoms with Crippen LogP contribution in [0.25, 0.3) is 0 Å². The molecule has 0 aliphatic carbocycles. The van der Waals surface area contributed by atoms with Crippen LogP contribution in [0, 0.1) is 13.8 Å². The molecular formula is C18H28N2O3. The summed E-state index contributed by atoms with van der Waals surface area (Å²) < 4.78 is 5.23. The number of nitrogens with one attached hydrogen (secondary N) is 2. The van der Waals surface area contributed by atoms with Crippen LogP contribution in [-0.4, -0.2) is 29.7 Å². The van der Waals surface area contributed by atoms with Crippen molar-refractivity contribution >= 4 is 12.0 Å². The molecule has 1 rings (SSSR count). The molecule has 1 aromatic rings. The molecule has 0 unspecified atom stereocenters. The third-order valence-electron chi connectivity index (χ3n) is 3.30. The lowest BCUT2D eigenvalue weighted by atomic mass is 10.0. The molecule has 128 valence electrons. The fourth-order valence-corrected chi connectivity index (χ4v) is 1.91. The minimum Gasteiger partial charge on any atom is -0.444 e. The van der Waals surface area contributed by atoms with Crippen molar-refractivity contribution in [3.63, 3.8) is 0 Å². The molecule has 2 amide bonds. The van der Waals surface area contributed by atoms with Gasteiger partial charge in [0.1, 0.15) is 5.60 Å². The van der Waals surface area contributed by atoms with Gasteiger partial charge in [-0.2, -0.15) is 0 Å². The number of hydrogen-bond donors (Lipinski definition) is 2. The van der Waals surface area contributed by atoms with E-state index in [1.165, 1.54) is 0 Å². The Hall–Kier alpha value is -2.04. The van der Waals surface area contributed by atoms with Crippen LogP contribution in [0.3, 0.4) is 0 Å². The highest BCUT2D eigenvalue weighted by molar-refractivity contribution is 5.94. The number of hydrogen-bond acceptors (Lipinski definition) is 3. The summed E-state index contributed by atoms with van der Waals surface area (Å²) in [5.41, 5.74) is 1.67. The lowest BCUT2D eigenvalue weighted by molar-refractivity contribution is 0.0469. The molecule has 0 radical (unpaired) electrons. The predicted molar refractivity (Wildman–Crippen MR) is 91.7 cm³/mol. The Bertz CT molecular complexity index is 586. The first-order valence-electron chi connectivity index (χ1n) is 7.76. The molecule has 0 spiro atoms. The van der Waals surface area contributed by atoms with Gasteiger partial charge in [-0.1, -0.05) is 6.07 Å². The van der Waals surface area contributed by atoms with Crippen LogP contribution in [0.4, 0.5) is 4.79 Å². The highest BCUT2D eigenvalue weighted by atomic mass is 16.6. The van der Waals surface area contributed by atoms with Crippen LogP contribution in [0.1, 0.15) is 56.1 Å². The van der Waals surface area contributed by atoms with Gasteiger partial charge in [0, 0.05) is 12.1 Å². The predicted octanol–water partition coefficient (Wildman–Crippen LogP) is 3.34. The lowest BCUT2D eigenvalue weighted by Crippen LogP contribution is -2.52. The van der Waals surface area contributed by atoms with Crippen molar-refractivity contribution in [3.8, 4) is 0 Å². The molecule has 5 heteroatoms. The molecule has 2 N–H and O–H groups in total. The molecule has 0 aromatic heterocycles. The van der Waals surface area contributed by atoms with E-state index in [1.54, 1.807) is 26.8 Å². The molecule has 5 nitrogen and oxygen atoms in total. The second-order valence-electron chi connectivity index (χ2n) is 7.49. The van der Waals surface area contributed by atoms with Crippen molar-refractivity contribution in [1.29, 1.82) is 0 Å². The zero-order chi connectivity index (χ0) is 17.8. The fourth-order valence-electron chi connectivity index (χ4n) is 1.91. The van der Waals surface area contributed by atoms with Gasteiger partial charge in [0.15, 0.2) is 0 Å². The van der Waals surface area contributed by atoms with E-state index in [9.17, 15) is 9.59 Å². The van der Waals surface area contributed by atoms with Gasteiger partial charge in [0.05, 0.1) is 5.54 Å². The average molecular weight is 320 g/mol. The number of amides is 2. The SMILES string of the molecule is Cc1ccc(C(=O)NCC(C)(C)NC(=O)OC(C)(C)C)cc1C. The normalized spacial score (nSPS) is 11.8. The monoisotopic (exact) mass is 320 g/mol. The van der Waals surface area contributed by atoms with Crippen LogP contribution in [0.15, 0.2) is 18.2 Å². The summed E-state index contributed by atoms with van der Waals surface area (Å²) in [5.74, 6) is -0.160. The zero-order valence-corrected chi connectivity index (χ0v) is 15.2. The first-order valence-corrected chi connectivity index (χ1v) is 7.76. The fraction of sp³-hybridized carbons (Fsp3) is 0.556. The van der Waals surface area contributed by atoms with Crippen LogP contribution >= 0.6 is 0 Å². The summed E-state index contributed by atoms with van der Waals surface area (Å²) in [6.07, 6.45) is -0.497. The molecule has 0 aliphatic rings. The molecule has 0 heterocycles. The highest BCUT2D eigenvalue weighted by Crippen LogP contribution is 2.11. The highest BCUT2D eigenvalue weighted by Gasteiger charge is 2.25. The summed E-state index contributed by atoms with van der Waals surface area (Å²) in [6.45, 7) is 13.4. The number of carbonyl (C=O) groups excluding carboxylic acids is 2. The second kappa shape index (κ2) is 7.02. The van der Waals surface area contributed by atoms with Crippen molar-refractivity contribution in [2.75, 3.05) is 6.54 Å². The number of benzene rings is 1. The first kappa shape index (κ1) is 19.0. The van der Waals surface area contributed by atoms with Crippen LogP contribution in [0.2, 0.25) is 0 Å². The molecule has 0 bridgehead atoms. The largest absolute Gasteiger partial charge is 0.444 e. The van der Waals surface area contributed by atoms with E-state index in [4.69, 9.17) is 4.74 Å². The van der Waals surface area contributed by atoms with Crippen LogP contribution in [0.5, 0.6) is 0 Å². The maximum absolute atomic E-state index is 12.2. The van der Waals surface area contributed by atoms with Crippen molar-refractivity contribution in [1.82, 2.24) is 10.6 Å². The van der Waals surface area contributed by atoms with Gasteiger partial charge < -0.3 is 15.4 Å². The smallest absolute Gasteiger partial charge is 0.408 e. The molecular weight excluding hydrogens is 292 g/mol. The van der Waals surface area contributed by atoms with E-state index < -0.39 is 17.2 Å². The number of aryl methyl sites for hydroxylation is 2. The summed E-state index contributed by atoms with van der Waals surface area (Å²) in [6, 6.07) is 5.58. The van der Waals surface area contributed by atoms with E-state index in [0.717, 1.165) is 11.1 Å². The quantitative estimate of drug-likeness (QED) is 0.894. The molecule has 0 fully saturated rings. The van der Waals surface area contributed by atoms with E-state index in [-0.39, 0.29) is 5.91 Å². The number of carbonyl (C=O) groups is 2. The Morgan fingerprint density at radius 1 is 1.04 bits per heavy atom. The summed E-state index contributed by atoms with van der Waals surface area (Å²) in [7, 11) is 0. The second-order valence-corrected chi connectivity index (χ2v) is 7.49. The van der Waals surface area contributed by atoms with E-state index >= 15 is 0 Å². The molecule has 23 heavy (non-hydrogen) atoms. The van der Waals surface area contributed by atoms with Crippen molar-refractivity contribution < 1.29 is 14.3 Å². The minimum absolute atomic E-state index is 0.160. The van der Waals surface area contributed by atoms with Crippen molar-refractivity contribution in [3.05, 3.63) is 34.9 Å². The Kier molecular flexibility index (Phi) is 5.81.